The maximum atomic E-state index is 12.2. The van der Waals surface area contributed by atoms with Crippen LogP contribution in [0.25, 0.3) is 22.1 Å². The number of ketones is 1. The molecule has 0 fully saturated rings. The van der Waals surface area contributed by atoms with E-state index >= 15 is 0 Å². The number of Topliss-reactive ketones (excluding diaryl/α,β-unsaturated/α-hetero) is 1. The highest BCUT2D eigenvalue weighted by Gasteiger charge is 2.17. The van der Waals surface area contributed by atoms with Crippen LogP contribution in [0.15, 0.2) is 71.3 Å². The van der Waals surface area contributed by atoms with Crippen LogP contribution in [0, 0.1) is 0 Å². The van der Waals surface area contributed by atoms with Gasteiger partial charge in [0, 0.05) is 28.6 Å². The zero-order chi connectivity index (χ0) is 29.6. The molecule has 1 heterocycles. The number of rotatable bonds is 10. The van der Waals surface area contributed by atoms with Crippen LogP contribution in [-0.2, 0) is 33.8 Å². The Morgan fingerprint density at radius 2 is 1.76 bits per heavy atom. The van der Waals surface area contributed by atoms with Crippen LogP contribution in [-0.4, -0.2) is 30.1 Å². The number of esters is 1. The minimum atomic E-state index is -0.577. The summed E-state index contributed by atoms with van der Waals surface area (Å²) in [5.74, 6) is -0.00782. The normalized spacial score (nSPS) is 11.2. The largest absolute Gasteiger partial charge is 0.489 e. The number of benzene rings is 3. The van der Waals surface area contributed by atoms with Crippen LogP contribution in [0.2, 0.25) is 0 Å². The van der Waals surface area contributed by atoms with E-state index < -0.39 is 11.7 Å². The van der Waals surface area contributed by atoms with Gasteiger partial charge in [-0.2, -0.15) is 0 Å². The third-order valence-corrected chi connectivity index (χ3v) is 6.19. The molecule has 8 nitrogen and oxygen atoms in total. The van der Waals surface area contributed by atoms with Crippen LogP contribution >= 0.6 is 0 Å². The van der Waals surface area contributed by atoms with E-state index in [0.29, 0.717) is 23.4 Å². The van der Waals surface area contributed by atoms with Crippen LogP contribution in [0.4, 0.5) is 4.79 Å². The third kappa shape index (κ3) is 7.97. The van der Waals surface area contributed by atoms with Crippen molar-refractivity contribution in [2.24, 2.45) is 0 Å². The molecule has 41 heavy (non-hydrogen) atoms. The molecule has 0 atom stereocenters. The third-order valence-electron chi connectivity index (χ3n) is 6.19. The molecule has 0 aliphatic rings. The minimum absolute atomic E-state index is 0.0392. The molecule has 0 saturated carbocycles. The Labute approximate surface area is 239 Å². The second kappa shape index (κ2) is 12.7. The van der Waals surface area contributed by atoms with Gasteiger partial charge in [0.15, 0.2) is 5.78 Å². The smallest absolute Gasteiger partial charge is 0.407 e. The number of hydrogen-bond acceptors (Lipinski definition) is 7. The monoisotopic (exact) mass is 557 g/mol. The second-order valence-electron chi connectivity index (χ2n) is 10.7. The molecule has 4 aromatic rings. The summed E-state index contributed by atoms with van der Waals surface area (Å²) in [5, 5.41) is 3.70. The van der Waals surface area contributed by atoms with Gasteiger partial charge in [-0.1, -0.05) is 30.3 Å². The molecule has 1 aromatic heterocycles. The van der Waals surface area contributed by atoms with Gasteiger partial charge in [-0.3, -0.25) is 9.59 Å². The molecule has 214 valence electrons. The fraction of sp³-hybridized carbons (Fsp3) is 0.303. The van der Waals surface area contributed by atoms with Crippen LogP contribution in [0.1, 0.15) is 61.7 Å². The van der Waals surface area contributed by atoms with Crippen molar-refractivity contribution in [2.45, 2.75) is 59.8 Å². The van der Waals surface area contributed by atoms with Crippen molar-refractivity contribution in [2.75, 3.05) is 6.61 Å². The maximum absolute atomic E-state index is 12.2. The molecular weight excluding hydrogens is 522 g/mol. The van der Waals surface area contributed by atoms with Crippen LogP contribution < -0.4 is 10.1 Å². The summed E-state index contributed by atoms with van der Waals surface area (Å²) in [6.45, 7) is 9.49. The number of ether oxygens (including phenoxy) is 3. The number of nitrogens with one attached hydrogen (secondary N) is 1. The number of fused-ring (bicyclic) bond motifs is 1. The van der Waals surface area contributed by atoms with Crippen molar-refractivity contribution in [3.05, 3.63) is 89.2 Å². The summed E-state index contributed by atoms with van der Waals surface area (Å²) in [6, 6.07) is 18.8. The van der Waals surface area contributed by atoms with E-state index in [0.717, 1.165) is 33.2 Å². The summed E-state index contributed by atoms with van der Waals surface area (Å²) in [7, 11) is 0. The number of alkyl carbamates (subject to hydrolysis) is 1. The summed E-state index contributed by atoms with van der Waals surface area (Å²) in [5.41, 5.74) is 4.85. The molecule has 1 N–H and O–H groups in total. The molecule has 8 heteroatoms. The van der Waals surface area contributed by atoms with Crippen molar-refractivity contribution in [3.8, 4) is 16.9 Å². The molecule has 0 bridgehead atoms. The van der Waals surface area contributed by atoms with Crippen molar-refractivity contribution in [3.63, 3.8) is 0 Å². The van der Waals surface area contributed by atoms with Crippen molar-refractivity contribution >= 4 is 28.8 Å². The Hall–Kier alpha value is -4.59. The van der Waals surface area contributed by atoms with Gasteiger partial charge in [0.05, 0.1) is 19.3 Å². The number of hydrogen-bond donors (Lipinski definition) is 1. The zero-order valence-electron chi connectivity index (χ0n) is 24.0. The highest BCUT2D eigenvalue weighted by Crippen LogP contribution is 2.32. The first-order valence-electron chi connectivity index (χ1n) is 13.5. The minimum Gasteiger partial charge on any atom is -0.489 e. The second-order valence-corrected chi connectivity index (χ2v) is 10.7. The first-order valence-corrected chi connectivity index (χ1v) is 13.5. The first kappa shape index (κ1) is 29.4. The molecule has 0 saturated heterocycles. The summed E-state index contributed by atoms with van der Waals surface area (Å²) < 4.78 is 22.5. The number of carbonyl (C=O) groups is 3. The predicted octanol–water partition coefficient (Wildman–Crippen LogP) is 7.01. The fourth-order valence-corrected chi connectivity index (χ4v) is 4.36. The van der Waals surface area contributed by atoms with Crippen molar-refractivity contribution in [1.29, 1.82) is 0 Å². The lowest BCUT2D eigenvalue weighted by Crippen LogP contribution is -2.32. The average Bonchev–Trinajstić information content (AvgIpc) is 3.39. The summed E-state index contributed by atoms with van der Waals surface area (Å²) >= 11 is 0. The lowest BCUT2D eigenvalue weighted by Gasteiger charge is -2.19. The molecular formula is C33H35NO7. The Balaban J connectivity index is 1.58. The highest BCUT2D eigenvalue weighted by atomic mass is 16.6. The van der Waals surface area contributed by atoms with Crippen molar-refractivity contribution < 1.29 is 33.0 Å². The Bertz CT molecular complexity index is 1560. The van der Waals surface area contributed by atoms with E-state index in [1.165, 1.54) is 6.92 Å². The van der Waals surface area contributed by atoms with E-state index in [1.807, 2.05) is 63.2 Å². The van der Waals surface area contributed by atoms with Gasteiger partial charge in [-0.05, 0) is 81.6 Å². The zero-order valence-corrected chi connectivity index (χ0v) is 24.0. The molecule has 0 unspecified atom stereocenters. The van der Waals surface area contributed by atoms with E-state index in [9.17, 15) is 14.4 Å². The van der Waals surface area contributed by atoms with Gasteiger partial charge < -0.3 is 23.9 Å². The average molecular weight is 558 g/mol. The number of carbonyl (C=O) groups excluding carboxylic acids is 3. The van der Waals surface area contributed by atoms with E-state index in [4.69, 9.17) is 18.6 Å². The van der Waals surface area contributed by atoms with Gasteiger partial charge in [0.25, 0.3) is 0 Å². The maximum Gasteiger partial charge on any atom is 0.407 e. The molecule has 3 aromatic carbocycles. The Kier molecular flexibility index (Phi) is 9.12. The number of furan rings is 1. The first-order chi connectivity index (χ1) is 19.5. The summed E-state index contributed by atoms with van der Waals surface area (Å²) in [4.78, 5) is 36.3. The van der Waals surface area contributed by atoms with E-state index in [1.54, 1.807) is 31.4 Å². The Morgan fingerprint density at radius 3 is 2.49 bits per heavy atom. The quantitative estimate of drug-likeness (QED) is 0.165. The van der Waals surface area contributed by atoms with Crippen LogP contribution in [0.3, 0.4) is 0 Å². The molecule has 0 spiro atoms. The van der Waals surface area contributed by atoms with Gasteiger partial charge in [0.2, 0.25) is 0 Å². The topological polar surface area (TPSA) is 104 Å². The Morgan fingerprint density at radius 1 is 0.951 bits per heavy atom. The van der Waals surface area contributed by atoms with E-state index in [2.05, 4.69) is 5.32 Å². The van der Waals surface area contributed by atoms with Gasteiger partial charge in [-0.15, -0.1) is 0 Å². The molecule has 4 rings (SSSR count). The van der Waals surface area contributed by atoms with Gasteiger partial charge in [0.1, 0.15) is 23.5 Å². The van der Waals surface area contributed by atoms with Crippen molar-refractivity contribution in [1.82, 2.24) is 5.32 Å². The molecule has 0 aliphatic heterocycles. The summed E-state index contributed by atoms with van der Waals surface area (Å²) in [6.07, 6.45) is 1.20. The fourth-order valence-electron chi connectivity index (χ4n) is 4.36. The molecule has 0 radical (unpaired) electrons. The predicted molar refractivity (Wildman–Crippen MR) is 156 cm³/mol. The number of amides is 1. The standard InChI is InChI=1S/C33H35NO7/c1-6-38-30(36)18-26-11-10-24(21(2)35)17-29(26)40-20-23-15-27-12-13-39-31(27)28(16-23)25-9-7-8-22(14-25)19-34-32(37)41-33(3,4)5/h7-17H,6,18-20H2,1-5H3,(H,34,37). The lowest BCUT2D eigenvalue weighted by atomic mass is 9.99. The molecule has 0 aliphatic carbocycles. The van der Waals surface area contributed by atoms with Gasteiger partial charge >= 0.3 is 12.1 Å². The molecule has 1 amide bonds. The lowest BCUT2D eigenvalue weighted by molar-refractivity contribution is -0.142. The highest BCUT2D eigenvalue weighted by molar-refractivity contribution is 5.95. The SMILES string of the molecule is CCOC(=O)Cc1ccc(C(C)=O)cc1OCc1cc(-c2cccc(CNC(=O)OC(C)(C)C)c2)c2occc2c1. The van der Waals surface area contributed by atoms with Gasteiger partial charge in [-0.25, -0.2) is 4.79 Å². The van der Waals surface area contributed by atoms with Crippen LogP contribution in [0.5, 0.6) is 5.75 Å². The van der Waals surface area contributed by atoms with E-state index in [-0.39, 0.29) is 31.4 Å².